The summed E-state index contributed by atoms with van der Waals surface area (Å²) < 4.78 is 0. The molecule has 0 radical (unpaired) electrons. The molecule has 0 amide bonds. The molecule has 1 heterocycles. The molecular formula is C12H7ClN2. The molecule has 0 atom stereocenters. The van der Waals surface area contributed by atoms with Crippen molar-refractivity contribution < 1.29 is 0 Å². The van der Waals surface area contributed by atoms with Crippen LogP contribution in [-0.4, -0.2) is 4.98 Å². The maximum Gasteiger partial charge on any atom is 0.150 e. The molecule has 72 valence electrons. The predicted octanol–water partition coefficient (Wildman–Crippen LogP) is 3.27. The number of nitrogens with zero attached hydrogens (tertiary/aromatic N) is 2. The van der Waals surface area contributed by atoms with Crippen LogP contribution < -0.4 is 0 Å². The number of benzene rings is 1. The third kappa shape index (κ3) is 1.98. The zero-order valence-corrected chi connectivity index (χ0v) is 8.57. The van der Waals surface area contributed by atoms with Gasteiger partial charge in [-0.15, -0.1) is 0 Å². The predicted molar refractivity (Wildman–Crippen MR) is 59.4 cm³/mol. The van der Waals surface area contributed by atoms with Crippen molar-refractivity contribution in [1.82, 2.24) is 4.98 Å². The zero-order chi connectivity index (χ0) is 10.7. The van der Waals surface area contributed by atoms with Crippen LogP contribution in [0.2, 0.25) is 5.15 Å². The summed E-state index contributed by atoms with van der Waals surface area (Å²) in [5.74, 6) is 0. The number of nitriles is 1. The van der Waals surface area contributed by atoms with Crippen LogP contribution in [0.5, 0.6) is 0 Å². The molecular weight excluding hydrogens is 208 g/mol. The lowest BCUT2D eigenvalue weighted by Crippen LogP contribution is -1.88. The van der Waals surface area contributed by atoms with Crippen LogP contribution in [0.3, 0.4) is 0 Å². The Morgan fingerprint density at radius 2 is 1.80 bits per heavy atom. The van der Waals surface area contributed by atoms with Crippen molar-refractivity contribution in [2.75, 3.05) is 0 Å². The lowest BCUT2D eigenvalue weighted by molar-refractivity contribution is 1.26. The van der Waals surface area contributed by atoms with Gasteiger partial charge in [-0.05, 0) is 17.7 Å². The lowest BCUT2D eigenvalue weighted by Gasteiger charge is -2.02. The summed E-state index contributed by atoms with van der Waals surface area (Å²) >= 11 is 5.72. The first-order valence-corrected chi connectivity index (χ1v) is 4.81. The summed E-state index contributed by atoms with van der Waals surface area (Å²) in [6, 6.07) is 15.2. The normalized spacial score (nSPS) is 9.60. The molecule has 0 aliphatic heterocycles. The van der Waals surface area contributed by atoms with Crippen LogP contribution in [0.4, 0.5) is 0 Å². The largest absolute Gasteiger partial charge is 0.225 e. The van der Waals surface area contributed by atoms with Crippen LogP contribution in [-0.2, 0) is 0 Å². The van der Waals surface area contributed by atoms with Gasteiger partial charge in [0.2, 0.25) is 0 Å². The number of halogens is 1. The summed E-state index contributed by atoms with van der Waals surface area (Å²) in [5, 5.41) is 9.27. The molecule has 0 bridgehead atoms. The lowest BCUT2D eigenvalue weighted by atomic mass is 10.1. The standard InChI is InChI=1S/C12H7ClN2/c13-12-7-6-10(11(8-14)15-12)9-4-2-1-3-5-9/h1-7H. The molecule has 1 aromatic carbocycles. The highest BCUT2D eigenvalue weighted by Crippen LogP contribution is 2.23. The highest BCUT2D eigenvalue weighted by molar-refractivity contribution is 6.29. The maximum atomic E-state index is 8.93. The average Bonchev–Trinajstić information content (AvgIpc) is 2.30. The van der Waals surface area contributed by atoms with Gasteiger partial charge in [-0.25, -0.2) is 4.98 Å². The second kappa shape index (κ2) is 4.12. The molecule has 2 rings (SSSR count). The first kappa shape index (κ1) is 9.70. The van der Waals surface area contributed by atoms with Gasteiger partial charge in [0.05, 0.1) is 0 Å². The van der Waals surface area contributed by atoms with Gasteiger partial charge >= 0.3 is 0 Å². The Morgan fingerprint density at radius 3 is 2.47 bits per heavy atom. The topological polar surface area (TPSA) is 36.7 Å². The number of aromatic nitrogens is 1. The maximum absolute atomic E-state index is 8.93. The molecule has 0 fully saturated rings. The third-order valence-electron chi connectivity index (χ3n) is 2.05. The summed E-state index contributed by atoms with van der Waals surface area (Å²) in [7, 11) is 0. The van der Waals surface area contributed by atoms with E-state index in [-0.39, 0.29) is 0 Å². The van der Waals surface area contributed by atoms with Gasteiger partial charge in [-0.3, -0.25) is 0 Å². The van der Waals surface area contributed by atoms with Crippen molar-refractivity contribution in [2.45, 2.75) is 0 Å². The molecule has 2 nitrogen and oxygen atoms in total. The van der Waals surface area contributed by atoms with Crippen molar-refractivity contribution >= 4 is 11.6 Å². The molecule has 0 unspecified atom stereocenters. The van der Waals surface area contributed by atoms with E-state index in [1.165, 1.54) is 0 Å². The Labute approximate surface area is 92.8 Å². The molecule has 0 spiro atoms. The van der Waals surface area contributed by atoms with Crippen molar-refractivity contribution in [1.29, 1.82) is 5.26 Å². The van der Waals surface area contributed by atoms with E-state index in [1.807, 2.05) is 42.5 Å². The highest BCUT2D eigenvalue weighted by Gasteiger charge is 2.05. The third-order valence-corrected chi connectivity index (χ3v) is 2.26. The van der Waals surface area contributed by atoms with Crippen molar-refractivity contribution in [2.24, 2.45) is 0 Å². The Bertz CT molecular complexity index is 515. The number of hydrogen-bond acceptors (Lipinski definition) is 2. The van der Waals surface area contributed by atoms with Gasteiger partial charge in [0.15, 0.2) is 0 Å². The molecule has 3 heteroatoms. The minimum Gasteiger partial charge on any atom is -0.225 e. The second-order valence-corrected chi connectivity index (χ2v) is 3.40. The Morgan fingerprint density at radius 1 is 1.07 bits per heavy atom. The molecule has 0 aliphatic rings. The number of rotatable bonds is 1. The molecule has 0 aliphatic carbocycles. The Kier molecular flexibility index (Phi) is 2.66. The van der Waals surface area contributed by atoms with Gasteiger partial charge in [0.1, 0.15) is 16.9 Å². The van der Waals surface area contributed by atoms with E-state index < -0.39 is 0 Å². The fourth-order valence-corrected chi connectivity index (χ4v) is 1.52. The van der Waals surface area contributed by atoms with E-state index in [4.69, 9.17) is 16.9 Å². The molecule has 15 heavy (non-hydrogen) atoms. The van der Waals surface area contributed by atoms with Gasteiger partial charge in [0, 0.05) is 5.56 Å². The van der Waals surface area contributed by atoms with E-state index in [0.29, 0.717) is 10.8 Å². The number of pyridine rings is 1. The van der Waals surface area contributed by atoms with Crippen LogP contribution in [0, 0.1) is 11.3 Å². The molecule has 1 aromatic heterocycles. The van der Waals surface area contributed by atoms with Crippen LogP contribution in [0.1, 0.15) is 5.69 Å². The smallest absolute Gasteiger partial charge is 0.150 e. The summed E-state index contributed by atoms with van der Waals surface area (Å²) in [6.45, 7) is 0. The molecule has 0 saturated carbocycles. The molecule has 0 saturated heterocycles. The zero-order valence-electron chi connectivity index (χ0n) is 7.81. The first-order valence-electron chi connectivity index (χ1n) is 4.43. The minimum atomic E-state index is 0.339. The van der Waals surface area contributed by atoms with Gasteiger partial charge in [-0.1, -0.05) is 41.9 Å². The van der Waals surface area contributed by atoms with Crippen LogP contribution in [0.15, 0.2) is 42.5 Å². The molecule has 0 N–H and O–H groups in total. The number of hydrogen-bond donors (Lipinski definition) is 0. The second-order valence-electron chi connectivity index (χ2n) is 3.01. The summed E-state index contributed by atoms with van der Waals surface area (Å²) in [6.07, 6.45) is 0. The fraction of sp³-hybridized carbons (Fsp3) is 0. The minimum absolute atomic E-state index is 0.339. The van der Waals surface area contributed by atoms with Gasteiger partial charge < -0.3 is 0 Å². The van der Waals surface area contributed by atoms with Crippen LogP contribution >= 0.6 is 11.6 Å². The SMILES string of the molecule is N#Cc1nc(Cl)ccc1-c1ccccc1. The molecule has 2 aromatic rings. The van der Waals surface area contributed by atoms with E-state index in [0.717, 1.165) is 11.1 Å². The Balaban J connectivity index is 2.60. The van der Waals surface area contributed by atoms with E-state index >= 15 is 0 Å². The fourth-order valence-electron chi connectivity index (χ4n) is 1.37. The van der Waals surface area contributed by atoms with E-state index in [1.54, 1.807) is 6.07 Å². The van der Waals surface area contributed by atoms with Crippen molar-refractivity contribution in [3.8, 4) is 17.2 Å². The summed E-state index contributed by atoms with van der Waals surface area (Å²) in [4.78, 5) is 3.97. The van der Waals surface area contributed by atoms with Crippen molar-refractivity contribution in [3.63, 3.8) is 0 Å². The first-order chi connectivity index (χ1) is 7.31. The van der Waals surface area contributed by atoms with Crippen molar-refractivity contribution in [3.05, 3.63) is 53.3 Å². The Hall–Kier alpha value is -1.85. The summed E-state index contributed by atoms with van der Waals surface area (Å²) in [5.41, 5.74) is 2.13. The van der Waals surface area contributed by atoms with Gasteiger partial charge in [0.25, 0.3) is 0 Å². The average molecular weight is 215 g/mol. The quantitative estimate of drug-likeness (QED) is 0.683. The van der Waals surface area contributed by atoms with E-state index in [2.05, 4.69) is 4.98 Å². The van der Waals surface area contributed by atoms with Gasteiger partial charge in [-0.2, -0.15) is 5.26 Å². The van der Waals surface area contributed by atoms with Crippen LogP contribution in [0.25, 0.3) is 11.1 Å². The monoisotopic (exact) mass is 214 g/mol. The van der Waals surface area contributed by atoms with E-state index in [9.17, 15) is 0 Å². The highest BCUT2D eigenvalue weighted by atomic mass is 35.5.